The highest BCUT2D eigenvalue weighted by atomic mass is 16.5. The van der Waals surface area contributed by atoms with Crippen molar-refractivity contribution in [2.24, 2.45) is 7.05 Å². The molecule has 6 nitrogen and oxygen atoms in total. The molecule has 0 aliphatic heterocycles. The third-order valence-electron chi connectivity index (χ3n) is 3.15. The molecule has 0 saturated carbocycles. The largest absolute Gasteiger partial charge is 0.479 e. The Kier molecular flexibility index (Phi) is 3.83. The highest BCUT2D eigenvalue weighted by molar-refractivity contribution is 5.86. The van der Waals surface area contributed by atoms with Crippen molar-refractivity contribution in [1.29, 1.82) is 0 Å². The zero-order chi connectivity index (χ0) is 14.9. The Bertz CT molecular complexity index is 627. The number of esters is 1. The first-order chi connectivity index (χ1) is 9.43. The Hall–Kier alpha value is -2.24. The van der Waals surface area contributed by atoms with Gasteiger partial charge < -0.3 is 13.9 Å². The van der Waals surface area contributed by atoms with Gasteiger partial charge in [0.25, 0.3) is 0 Å². The molecule has 0 bridgehead atoms. The number of aryl methyl sites for hydroxylation is 2. The summed E-state index contributed by atoms with van der Waals surface area (Å²) in [5.41, 5.74) is 1.76. The van der Waals surface area contributed by atoms with E-state index in [0.717, 1.165) is 17.1 Å². The topological polar surface area (TPSA) is 66.5 Å². The van der Waals surface area contributed by atoms with Crippen LogP contribution in [0.2, 0.25) is 0 Å². The number of methoxy groups -OCH3 is 1. The maximum atomic E-state index is 11.3. The molecule has 2 aromatic heterocycles. The summed E-state index contributed by atoms with van der Waals surface area (Å²) in [5, 5.41) is 4.29. The predicted molar refractivity (Wildman–Crippen MR) is 71.8 cm³/mol. The normalized spacial score (nSPS) is 12.2. The Labute approximate surface area is 117 Å². The second kappa shape index (κ2) is 5.40. The van der Waals surface area contributed by atoms with E-state index in [1.54, 1.807) is 16.8 Å². The van der Waals surface area contributed by atoms with E-state index in [1.807, 2.05) is 27.8 Å². The van der Waals surface area contributed by atoms with Crippen molar-refractivity contribution in [3.05, 3.63) is 35.0 Å². The van der Waals surface area contributed by atoms with Crippen molar-refractivity contribution in [2.45, 2.75) is 26.9 Å². The second-order valence-corrected chi connectivity index (χ2v) is 4.58. The molecule has 0 spiro atoms. The van der Waals surface area contributed by atoms with Crippen LogP contribution in [-0.4, -0.2) is 22.9 Å². The van der Waals surface area contributed by atoms with Crippen LogP contribution in [0.3, 0.4) is 0 Å². The maximum absolute atomic E-state index is 11.3. The molecule has 108 valence electrons. The Morgan fingerprint density at radius 1 is 1.40 bits per heavy atom. The van der Waals surface area contributed by atoms with Crippen LogP contribution in [0.25, 0.3) is 0 Å². The summed E-state index contributed by atoms with van der Waals surface area (Å²) in [4.78, 5) is 11.3. The first-order valence-electron chi connectivity index (χ1n) is 6.29. The van der Waals surface area contributed by atoms with Crippen LogP contribution in [-0.2, 0) is 11.8 Å². The van der Waals surface area contributed by atoms with Gasteiger partial charge in [-0.05, 0) is 32.9 Å². The zero-order valence-corrected chi connectivity index (χ0v) is 12.3. The van der Waals surface area contributed by atoms with E-state index >= 15 is 0 Å². The van der Waals surface area contributed by atoms with Crippen LogP contribution in [0.5, 0.6) is 5.75 Å². The van der Waals surface area contributed by atoms with Gasteiger partial charge in [-0.2, -0.15) is 5.10 Å². The molecule has 2 rings (SSSR count). The molecule has 2 aromatic rings. The summed E-state index contributed by atoms with van der Waals surface area (Å²) in [5.74, 6) is 0.957. The third kappa shape index (κ3) is 2.54. The molecular weight excluding hydrogens is 260 g/mol. The molecule has 0 saturated heterocycles. The first kappa shape index (κ1) is 14.2. The van der Waals surface area contributed by atoms with Crippen LogP contribution in [0, 0.1) is 13.8 Å². The van der Waals surface area contributed by atoms with E-state index in [-0.39, 0.29) is 11.9 Å². The molecular formula is C14H18N2O4. The molecule has 1 unspecified atom stereocenters. The van der Waals surface area contributed by atoms with E-state index in [2.05, 4.69) is 9.84 Å². The lowest BCUT2D eigenvalue weighted by Gasteiger charge is -2.12. The minimum atomic E-state index is -0.503. The number of hydrogen-bond donors (Lipinski definition) is 0. The maximum Gasteiger partial charge on any atom is 0.373 e. The third-order valence-corrected chi connectivity index (χ3v) is 3.15. The smallest absolute Gasteiger partial charge is 0.373 e. The number of rotatable bonds is 4. The fraction of sp³-hybridized carbons (Fsp3) is 0.429. The average molecular weight is 278 g/mol. The van der Waals surface area contributed by atoms with Gasteiger partial charge >= 0.3 is 5.97 Å². The Morgan fingerprint density at radius 2 is 2.10 bits per heavy atom. The van der Waals surface area contributed by atoms with E-state index in [9.17, 15) is 4.79 Å². The Balaban J connectivity index is 2.17. The van der Waals surface area contributed by atoms with Crippen molar-refractivity contribution < 1.29 is 18.7 Å². The lowest BCUT2D eigenvalue weighted by Crippen LogP contribution is -2.04. The van der Waals surface area contributed by atoms with Gasteiger partial charge in [-0.25, -0.2) is 4.79 Å². The zero-order valence-electron chi connectivity index (χ0n) is 12.3. The summed E-state index contributed by atoms with van der Waals surface area (Å²) < 4.78 is 17.7. The lowest BCUT2D eigenvalue weighted by molar-refractivity contribution is 0.0558. The lowest BCUT2D eigenvalue weighted by atomic mass is 10.3. The summed E-state index contributed by atoms with van der Waals surface area (Å²) in [6.45, 7) is 5.67. The fourth-order valence-electron chi connectivity index (χ4n) is 1.94. The SMILES string of the molecule is COC(=O)c1ccc(C(C)Oc2c(C)nn(C)c2C)o1. The predicted octanol–water partition coefficient (Wildman–Crippen LogP) is 2.56. The molecule has 20 heavy (non-hydrogen) atoms. The minimum absolute atomic E-state index is 0.164. The molecule has 0 fully saturated rings. The highest BCUT2D eigenvalue weighted by Crippen LogP contribution is 2.28. The summed E-state index contributed by atoms with van der Waals surface area (Å²) >= 11 is 0. The number of furan rings is 1. The quantitative estimate of drug-likeness (QED) is 0.804. The van der Waals surface area contributed by atoms with Crippen molar-refractivity contribution >= 4 is 5.97 Å². The van der Waals surface area contributed by atoms with Gasteiger partial charge in [0, 0.05) is 7.05 Å². The first-order valence-corrected chi connectivity index (χ1v) is 6.29. The van der Waals surface area contributed by atoms with Gasteiger partial charge in [0.15, 0.2) is 11.9 Å². The molecule has 2 heterocycles. The summed E-state index contributed by atoms with van der Waals surface area (Å²) in [6.07, 6.45) is -0.324. The fourth-order valence-corrected chi connectivity index (χ4v) is 1.94. The highest BCUT2D eigenvalue weighted by Gasteiger charge is 2.19. The number of nitrogens with zero attached hydrogens (tertiary/aromatic N) is 2. The second-order valence-electron chi connectivity index (χ2n) is 4.58. The van der Waals surface area contributed by atoms with Gasteiger partial charge in [-0.3, -0.25) is 4.68 Å². The van der Waals surface area contributed by atoms with Crippen LogP contribution < -0.4 is 4.74 Å². The molecule has 6 heteroatoms. The number of aromatic nitrogens is 2. The van der Waals surface area contributed by atoms with Crippen molar-refractivity contribution in [3.63, 3.8) is 0 Å². The van der Waals surface area contributed by atoms with Crippen LogP contribution in [0.4, 0.5) is 0 Å². The molecule has 0 aliphatic rings. The average Bonchev–Trinajstić information content (AvgIpc) is 2.99. The Morgan fingerprint density at radius 3 is 2.65 bits per heavy atom. The molecule has 0 aromatic carbocycles. The minimum Gasteiger partial charge on any atom is -0.479 e. The monoisotopic (exact) mass is 278 g/mol. The summed E-state index contributed by atoms with van der Waals surface area (Å²) in [7, 11) is 3.18. The van der Waals surface area contributed by atoms with E-state index < -0.39 is 5.97 Å². The molecule has 0 radical (unpaired) electrons. The summed E-state index contributed by atoms with van der Waals surface area (Å²) in [6, 6.07) is 3.28. The van der Waals surface area contributed by atoms with Gasteiger partial charge in [-0.1, -0.05) is 0 Å². The number of carbonyl (C=O) groups is 1. The van der Waals surface area contributed by atoms with Crippen molar-refractivity contribution in [2.75, 3.05) is 7.11 Å². The van der Waals surface area contributed by atoms with Crippen LogP contribution in [0.15, 0.2) is 16.5 Å². The molecule has 0 amide bonds. The van der Waals surface area contributed by atoms with E-state index in [4.69, 9.17) is 9.15 Å². The molecule has 1 atom stereocenters. The molecule has 0 N–H and O–H groups in total. The standard InChI is InChI=1S/C14H18N2O4/c1-8-13(9(2)16(4)15-8)19-10(3)11-6-7-12(20-11)14(17)18-5/h6-7,10H,1-5H3. The van der Waals surface area contributed by atoms with Gasteiger partial charge in [0.2, 0.25) is 5.76 Å². The van der Waals surface area contributed by atoms with Gasteiger partial charge in [-0.15, -0.1) is 0 Å². The number of ether oxygens (including phenoxy) is 2. The van der Waals surface area contributed by atoms with Gasteiger partial charge in [0.05, 0.1) is 12.8 Å². The number of hydrogen-bond acceptors (Lipinski definition) is 5. The van der Waals surface area contributed by atoms with Crippen molar-refractivity contribution in [3.8, 4) is 5.75 Å². The molecule has 0 aliphatic carbocycles. The van der Waals surface area contributed by atoms with Crippen LogP contribution >= 0.6 is 0 Å². The van der Waals surface area contributed by atoms with E-state index in [1.165, 1.54) is 7.11 Å². The number of carbonyl (C=O) groups excluding carboxylic acids is 1. The van der Waals surface area contributed by atoms with E-state index in [0.29, 0.717) is 5.76 Å². The van der Waals surface area contributed by atoms with Crippen LogP contribution in [0.1, 0.15) is 40.7 Å². The van der Waals surface area contributed by atoms with Gasteiger partial charge in [0.1, 0.15) is 11.5 Å². The van der Waals surface area contributed by atoms with Crippen molar-refractivity contribution in [1.82, 2.24) is 9.78 Å².